The molecule has 1 aromatic rings. The molecule has 4 nitrogen and oxygen atoms in total. The highest BCUT2D eigenvalue weighted by Crippen LogP contribution is 2.51. The van der Waals surface area contributed by atoms with Crippen molar-refractivity contribution >= 4 is 17.3 Å². The van der Waals surface area contributed by atoms with E-state index in [-0.39, 0.29) is 28.3 Å². The zero-order valence-corrected chi connectivity index (χ0v) is 16.6. The molecular weight excluding hydrogens is 336 g/mol. The Morgan fingerprint density at radius 1 is 0.889 bits per heavy atom. The van der Waals surface area contributed by atoms with E-state index in [9.17, 15) is 9.59 Å². The number of hydrogen-bond acceptors (Lipinski definition) is 4. The molecule has 0 spiro atoms. The fraction of sp³-hybridized carbons (Fsp3) is 0.478. The van der Waals surface area contributed by atoms with Crippen LogP contribution in [0.2, 0.25) is 0 Å². The Balaban J connectivity index is 1.92. The van der Waals surface area contributed by atoms with Crippen LogP contribution in [0.25, 0.3) is 0 Å². The number of allylic oxidation sites excluding steroid dienone is 4. The number of rotatable bonds is 1. The number of carbonyl (C=O) groups is 2. The monoisotopic (exact) mass is 364 g/mol. The molecule has 0 amide bonds. The van der Waals surface area contributed by atoms with Crippen LogP contribution < -0.4 is 11.1 Å². The summed E-state index contributed by atoms with van der Waals surface area (Å²) in [5.41, 5.74) is 11.0. The van der Waals surface area contributed by atoms with Gasteiger partial charge in [-0.2, -0.15) is 0 Å². The fourth-order valence-electron chi connectivity index (χ4n) is 4.96. The van der Waals surface area contributed by atoms with Crippen molar-refractivity contribution in [3.8, 4) is 0 Å². The number of nitrogens with two attached hydrogens (primary N) is 1. The number of carbonyl (C=O) groups excluding carboxylic acids is 2. The maximum Gasteiger partial charge on any atom is 0.162 e. The number of dihydropyridines is 1. The second-order valence-electron chi connectivity index (χ2n) is 9.89. The highest BCUT2D eigenvalue weighted by atomic mass is 16.1. The Bertz CT molecular complexity index is 866. The maximum absolute atomic E-state index is 13.2. The number of nitrogens with one attached hydrogen (secondary N) is 1. The molecule has 0 saturated heterocycles. The SMILES string of the molecule is CC1(C)CC(=O)C2=C(C1)NC1=C(C(=O)CC(C)(C)C1)C2c1cccc(N)c1. The molecule has 0 saturated carbocycles. The third kappa shape index (κ3) is 3.11. The quantitative estimate of drug-likeness (QED) is 0.731. The first-order valence-electron chi connectivity index (χ1n) is 9.71. The van der Waals surface area contributed by atoms with Crippen LogP contribution in [-0.4, -0.2) is 11.6 Å². The largest absolute Gasteiger partial charge is 0.399 e. The number of Topliss-reactive ketones (excluding diaryl/α,β-unsaturated/α-hetero) is 2. The highest BCUT2D eigenvalue weighted by Gasteiger charge is 2.46. The Hall–Kier alpha value is -2.36. The van der Waals surface area contributed by atoms with Gasteiger partial charge >= 0.3 is 0 Å². The van der Waals surface area contributed by atoms with Crippen molar-refractivity contribution in [1.29, 1.82) is 0 Å². The van der Waals surface area contributed by atoms with Crippen LogP contribution in [0.5, 0.6) is 0 Å². The highest BCUT2D eigenvalue weighted by molar-refractivity contribution is 6.06. The number of hydrogen-bond donors (Lipinski definition) is 2. The summed E-state index contributed by atoms with van der Waals surface area (Å²) < 4.78 is 0. The molecule has 0 unspecified atom stereocenters. The van der Waals surface area contributed by atoms with E-state index < -0.39 is 0 Å². The van der Waals surface area contributed by atoms with Crippen molar-refractivity contribution in [2.24, 2.45) is 10.8 Å². The van der Waals surface area contributed by atoms with Crippen molar-refractivity contribution in [3.63, 3.8) is 0 Å². The van der Waals surface area contributed by atoms with Crippen LogP contribution in [0.3, 0.4) is 0 Å². The van der Waals surface area contributed by atoms with Crippen LogP contribution in [0.1, 0.15) is 64.9 Å². The summed E-state index contributed by atoms with van der Waals surface area (Å²) >= 11 is 0. The van der Waals surface area contributed by atoms with E-state index in [0.717, 1.165) is 40.9 Å². The Labute approximate surface area is 160 Å². The fourth-order valence-corrected chi connectivity index (χ4v) is 4.96. The molecule has 3 N–H and O–H groups in total. The van der Waals surface area contributed by atoms with Crippen LogP contribution in [0.4, 0.5) is 5.69 Å². The molecule has 2 aliphatic carbocycles. The van der Waals surface area contributed by atoms with E-state index in [2.05, 4.69) is 33.0 Å². The minimum atomic E-state index is -0.299. The molecule has 27 heavy (non-hydrogen) atoms. The second kappa shape index (κ2) is 5.82. The van der Waals surface area contributed by atoms with Gasteiger partial charge in [-0.15, -0.1) is 0 Å². The third-order valence-electron chi connectivity index (χ3n) is 5.96. The van der Waals surface area contributed by atoms with Gasteiger partial charge in [0.1, 0.15) is 0 Å². The van der Waals surface area contributed by atoms with Gasteiger partial charge in [-0.25, -0.2) is 0 Å². The maximum atomic E-state index is 13.2. The smallest absolute Gasteiger partial charge is 0.162 e. The van der Waals surface area contributed by atoms with Gasteiger partial charge in [-0.3, -0.25) is 9.59 Å². The van der Waals surface area contributed by atoms with E-state index in [1.54, 1.807) is 0 Å². The Kier molecular flexibility index (Phi) is 3.88. The molecule has 3 aliphatic rings. The second-order valence-corrected chi connectivity index (χ2v) is 9.89. The molecule has 1 aliphatic heterocycles. The van der Waals surface area contributed by atoms with Gasteiger partial charge in [-0.05, 0) is 41.4 Å². The molecule has 1 aromatic carbocycles. The van der Waals surface area contributed by atoms with Crippen LogP contribution in [-0.2, 0) is 9.59 Å². The minimum Gasteiger partial charge on any atom is -0.399 e. The first kappa shape index (κ1) is 18.0. The van der Waals surface area contributed by atoms with Crippen LogP contribution in [0, 0.1) is 10.8 Å². The molecular formula is C23H28N2O2. The first-order valence-corrected chi connectivity index (χ1v) is 9.71. The van der Waals surface area contributed by atoms with Crippen molar-refractivity contribution in [3.05, 3.63) is 52.4 Å². The summed E-state index contributed by atoms with van der Waals surface area (Å²) in [5, 5.41) is 3.53. The summed E-state index contributed by atoms with van der Waals surface area (Å²) in [6, 6.07) is 7.64. The molecule has 142 valence electrons. The standard InChI is InChI=1S/C23H28N2O2/c1-22(2)9-15-20(17(26)11-22)19(13-6-5-7-14(24)8-13)21-16(25-15)10-23(3,4)12-18(21)27/h5-8,19,25H,9-12,24H2,1-4H3. The van der Waals surface area contributed by atoms with E-state index in [4.69, 9.17) is 5.73 Å². The van der Waals surface area contributed by atoms with Crippen LogP contribution in [0.15, 0.2) is 46.8 Å². The van der Waals surface area contributed by atoms with Gasteiger partial charge in [0, 0.05) is 47.0 Å². The average molecular weight is 364 g/mol. The Morgan fingerprint density at radius 3 is 1.89 bits per heavy atom. The molecule has 0 bridgehead atoms. The van der Waals surface area contributed by atoms with E-state index in [1.165, 1.54) is 0 Å². The molecule has 1 heterocycles. The summed E-state index contributed by atoms with van der Waals surface area (Å²) in [6.07, 6.45) is 2.65. The molecule has 0 atom stereocenters. The molecule has 0 fully saturated rings. The van der Waals surface area contributed by atoms with Gasteiger partial charge in [0.05, 0.1) is 0 Å². The molecule has 4 heteroatoms. The zero-order chi connectivity index (χ0) is 19.6. The lowest BCUT2D eigenvalue weighted by Gasteiger charge is -2.44. The zero-order valence-electron chi connectivity index (χ0n) is 16.6. The Morgan fingerprint density at radius 2 is 1.41 bits per heavy atom. The third-order valence-corrected chi connectivity index (χ3v) is 5.96. The van der Waals surface area contributed by atoms with Gasteiger partial charge in [0.15, 0.2) is 11.6 Å². The van der Waals surface area contributed by atoms with Gasteiger partial charge in [-0.1, -0.05) is 39.8 Å². The lowest BCUT2D eigenvalue weighted by Crippen LogP contribution is -2.42. The summed E-state index contributed by atoms with van der Waals surface area (Å²) in [5.74, 6) is -0.0114. The molecule has 4 rings (SSSR count). The van der Waals surface area contributed by atoms with Crippen LogP contribution >= 0.6 is 0 Å². The lowest BCUT2D eigenvalue weighted by molar-refractivity contribution is -0.119. The lowest BCUT2D eigenvalue weighted by atomic mass is 9.64. The van der Waals surface area contributed by atoms with Crippen molar-refractivity contribution < 1.29 is 9.59 Å². The van der Waals surface area contributed by atoms with Crippen molar-refractivity contribution in [1.82, 2.24) is 5.32 Å². The molecule has 0 radical (unpaired) electrons. The number of nitrogen functional groups attached to an aromatic ring is 1. The summed E-state index contributed by atoms with van der Waals surface area (Å²) in [4.78, 5) is 26.3. The van der Waals surface area contributed by atoms with Crippen molar-refractivity contribution in [2.75, 3.05) is 5.73 Å². The predicted molar refractivity (Wildman–Crippen MR) is 107 cm³/mol. The minimum absolute atomic E-state index is 0.0740. The normalized spacial score (nSPS) is 24.4. The predicted octanol–water partition coefficient (Wildman–Crippen LogP) is 4.24. The first-order chi connectivity index (χ1) is 12.6. The van der Waals surface area contributed by atoms with Gasteiger partial charge in [0.2, 0.25) is 0 Å². The van der Waals surface area contributed by atoms with E-state index in [1.807, 2.05) is 24.3 Å². The number of ketones is 2. The summed E-state index contributed by atoms with van der Waals surface area (Å²) in [6.45, 7) is 8.52. The van der Waals surface area contributed by atoms with Crippen molar-refractivity contribution in [2.45, 2.75) is 59.3 Å². The van der Waals surface area contributed by atoms with E-state index >= 15 is 0 Å². The van der Waals surface area contributed by atoms with Gasteiger partial charge < -0.3 is 11.1 Å². The number of benzene rings is 1. The average Bonchev–Trinajstić information content (AvgIpc) is 2.50. The van der Waals surface area contributed by atoms with Gasteiger partial charge in [0.25, 0.3) is 0 Å². The topological polar surface area (TPSA) is 72.2 Å². The molecule has 0 aromatic heterocycles. The summed E-state index contributed by atoms with van der Waals surface area (Å²) in [7, 11) is 0. The van der Waals surface area contributed by atoms with E-state index in [0.29, 0.717) is 18.5 Å². The number of anilines is 1.